The molecule has 2 unspecified atom stereocenters. The molecule has 3 N–H and O–H groups in total. The maximum absolute atomic E-state index is 12.9. The summed E-state index contributed by atoms with van der Waals surface area (Å²) < 4.78 is 0.911. The first-order valence-corrected chi connectivity index (χ1v) is 10.1. The summed E-state index contributed by atoms with van der Waals surface area (Å²) in [4.78, 5) is 25.6. The topological polar surface area (TPSA) is 70.2 Å². The number of carbonyl (C=O) groups is 2. The number of amides is 3. The molecular formula is C23H22BrN3O2. The fourth-order valence-electron chi connectivity index (χ4n) is 2.96. The van der Waals surface area contributed by atoms with Gasteiger partial charge >= 0.3 is 6.03 Å². The van der Waals surface area contributed by atoms with E-state index in [-0.39, 0.29) is 11.9 Å². The Balaban J connectivity index is 1.73. The lowest BCUT2D eigenvalue weighted by atomic mass is 10.1. The fourth-order valence-corrected chi connectivity index (χ4v) is 3.58. The largest absolute Gasteiger partial charge is 0.332 e. The van der Waals surface area contributed by atoms with E-state index in [1.807, 2.05) is 79.7 Å². The van der Waals surface area contributed by atoms with Gasteiger partial charge in [-0.3, -0.25) is 4.79 Å². The molecule has 3 aromatic carbocycles. The van der Waals surface area contributed by atoms with Crippen molar-refractivity contribution in [2.24, 2.45) is 0 Å². The average Bonchev–Trinajstić information content (AvgIpc) is 2.73. The van der Waals surface area contributed by atoms with Crippen LogP contribution in [0.1, 0.15) is 30.1 Å². The van der Waals surface area contributed by atoms with Crippen molar-refractivity contribution < 1.29 is 9.59 Å². The smallest absolute Gasteiger partial charge is 0.316 e. The Bertz CT molecular complexity index is 964. The molecule has 6 heteroatoms. The van der Waals surface area contributed by atoms with Gasteiger partial charge < -0.3 is 16.0 Å². The molecule has 3 rings (SSSR count). The first-order chi connectivity index (χ1) is 14.0. The molecule has 0 heterocycles. The molecule has 3 amide bonds. The van der Waals surface area contributed by atoms with Gasteiger partial charge in [0.25, 0.3) is 5.91 Å². The lowest BCUT2D eigenvalue weighted by Gasteiger charge is -2.22. The molecular weight excluding hydrogens is 430 g/mol. The van der Waals surface area contributed by atoms with E-state index in [0.29, 0.717) is 11.3 Å². The molecule has 5 nitrogen and oxygen atoms in total. The van der Waals surface area contributed by atoms with E-state index >= 15 is 0 Å². The number of hydrogen-bond donors (Lipinski definition) is 3. The molecule has 0 fully saturated rings. The van der Waals surface area contributed by atoms with Crippen molar-refractivity contribution in [2.45, 2.75) is 19.0 Å². The van der Waals surface area contributed by atoms with Crippen molar-refractivity contribution in [3.05, 3.63) is 101 Å². The summed E-state index contributed by atoms with van der Waals surface area (Å²) in [6.07, 6.45) is 0. The molecule has 148 valence electrons. The van der Waals surface area contributed by atoms with E-state index in [4.69, 9.17) is 0 Å². The Morgan fingerprint density at radius 1 is 0.793 bits per heavy atom. The SMILES string of the molecule is CC(NC(=O)NC(C(=O)Nc1ccccc1)c1ccccc1)c1ccccc1Br. The first-order valence-electron chi connectivity index (χ1n) is 9.27. The first kappa shape index (κ1) is 20.6. The van der Waals surface area contributed by atoms with Crippen molar-refractivity contribution in [3.63, 3.8) is 0 Å². The van der Waals surface area contributed by atoms with Crippen LogP contribution in [0.25, 0.3) is 0 Å². The van der Waals surface area contributed by atoms with Crippen molar-refractivity contribution >= 4 is 33.6 Å². The number of carbonyl (C=O) groups excluding carboxylic acids is 2. The minimum Gasteiger partial charge on any atom is -0.332 e. The second-order valence-corrected chi connectivity index (χ2v) is 7.41. The molecule has 0 aliphatic heterocycles. The van der Waals surface area contributed by atoms with Gasteiger partial charge in [0.05, 0.1) is 6.04 Å². The zero-order chi connectivity index (χ0) is 20.6. The van der Waals surface area contributed by atoms with Gasteiger partial charge in [0.15, 0.2) is 0 Å². The van der Waals surface area contributed by atoms with Crippen molar-refractivity contribution in [3.8, 4) is 0 Å². The second-order valence-electron chi connectivity index (χ2n) is 6.56. The summed E-state index contributed by atoms with van der Waals surface area (Å²) in [6.45, 7) is 1.89. The quantitative estimate of drug-likeness (QED) is 0.482. The van der Waals surface area contributed by atoms with Gasteiger partial charge in [0.1, 0.15) is 6.04 Å². The van der Waals surface area contributed by atoms with Crippen LogP contribution in [0.3, 0.4) is 0 Å². The Hall–Kier alpha value is -3.12. The van der Waals surface area contributed by atoms with E-state index in [1.54, 1.807) is 12.1 Å². The lowest BCUT2D eigenvalue weighted by Crippen LogP contribution is -2.43. The Morgan fingerprint density at radius 2 is 1.38 bits per heavy atom. The fraction of sp³-hybridized carbons (Fsp3) is 0.130. The van der Waals surface area contributed by atoms with E-state index in [1.165, 1.54) is 0 Å². The number of hydrogen-bond acceptors (Lipinski definition) is 2. The maximum Gasteiger partial charge on any atom is 0.316 e. The van der Waals surface area contributed by atoms with Gasteiger partial charge in [-0.2, -0.15) is 0 Å². The van der Waals surface area contributed by atoms with Crippen LogP contribution in [-0.2, 0) is 4.79 Å². The molecule has 3 aromatic rings. The third-order valence-corrected chi connectivity index (χ3v) is 5.15. The second kappa shape index (κ2) is 9.89. The van der Waals surface area contributed by atoms with Gasteiger partial charge in [-0.15, -0.1) is 0 Å². The predicted octanol–water partition coefficient (Wildman–Crippen LogP) is 5.19. The van der Waals surface area contributed by atoms with Crippen LogP contribution in [-0.4, -0.2) is 11.9 Å². The van der Waals surface area contributed by atoms with Crippen LogP contribution < -0.4 is 16.0 Å². The summed E-state index contributed by atoms with van der Waals surface area (Å²) in [6, 6.07) is 24.5. The molecule has 2 atom stereocenters. The lowest BCUT2D eigenvalue weighted by molar-refractivity contribution is -0.118. The Morgan fingerprint density at radius 3 is 2.03 bits per heavy atom. The van der Waals surface area contributed by atoms with Crippen LogP contribution >= 0.6 is 15.9 Å². The molecule has 0 bridgehead atoms. The number of urea groups is 1. The summed E-state index contributed by atoms with van der Waals surface area (Å²) in [5.41, 5.74) is 2.32. The highest BCUT2D eigenvalue weighted by Crippen LogP contribution is 2.23. The van der Waals surface area contributed by atoms with E-state index in [0.717, 1.165) is 10.0 Å². The number of rotatable bonds is 6. The number of para-hydroxylation sites is 1. The summed E-state index contributed by atoms with van der Waals surface area (Å²) >= 11 is 3.50. The van der Waals surface area contributed by atoms with Gasteiger partial charge in [-0.1, -0.05) is 82.7 Å². The van der Waals surface area contributed by atoms with Gasteiger partial charge in [-0.05, 0) is 36.2 Å². The number of anilines is 1. The predicted molar refractivity (Wildman–Crippen MR) is 118 cm³/mol. The van der Waals surface area contributed by atoms with Gasteiger partial charge in [-0.25, -0.2) is 4.79 Å². The van der Waals surface area contributed by atoms with Gasteiger partial charge in [0, 0.05) is 10.2 Å². The Kier molecular flexibility index (Phi) is 7.03. The highest BCUT2D eigenvalue weighted by atomic mass is 79.9. The summed E-state index contributed by atoms with van der Waals surface area (Å²) in [5, 5.41) is 8.54. The standard InChI is InChI=1S/C23H22BrN3O2/c1-16(19-14-8-9-15-20(19)24)25-23(29)27-21(17-10-4-2-5-11-17)22(28)26-18-12-6-3-7-13-18/h2-16,21H,1H3,(H,26,28)(H2,25,27,29). The molecule has 0 aliphatic rings. The van der Waals surface area contributed by atoms with Crippen LogP contribution in [0, 0.1) is 0 Å². The molecule has 29 heavy (non-hydrogen) atoms. The monoisotopic (exact) mass is 451 g/mol. The molecule has 0 radical (unpaired) electrons. The molecule has 0 saturated heterocycles. The normalized spacial score (nSPS) is 12.5. The molecule has 0 saturated carbocycles. The van der Waals surface area contributed by atoms with E-state index < -0.39 is 12.1 Å². The van der Waals surface area contributed by atoms with Crippen molar-refractivity contribution in [2.75, 3.05) is 5.32 Å². The summed E-state index contributed by atoms with van der Waals surface area (Å²) in [7, 11) is 0. The minimum absolute atomic E-state index is 0.237. The zero-order valence-electron chi connectivity index (χ0n) is 15.9. The van der Waals surface area contributed by atoms with Crippen LogP contribution in [0.5, 0.6) is 0 Å². The molecule has 0 spiro atoms. The van der Waals surface area contributed by atoms with Crippen molar-refractivity contribution in [1.29, 1.82) is 0 Å². The number of halogens is 1. The molecule has 0 aliphatic carbocycles. The third-order valence-electron chi connectivity index (χ3n) is 4.43. The highest BCUT2D eigenvalue weighted by molar-refractivity contribution is 9.10. The van der Waals surface area contributed by atoms with Crippen LogP contribution in [0.4, 0.5) is 10.5 Å². The van der Waals surface area contributed by atoms with Crippen LogP contribution in [0.15, 0.2) is 89.4 Å². The third kappa shape index (κ3) is 5.68. The Labute approximate surface area is 178 Å². The van der Waals surface area contributed by atoms with E-state index in [2.05, 4.69) is 31.9 Å². The number of nitrogens with one attached hydrogen (secondary N) is 3. The molecule has 0 aromatic heterocycles. The minimum atomic E-state index is -0.831. The van der Waals surface area contributed by atoms with Crippen molar-refractivity contribution in [1.82, 2.24) is 10.6 Å². The van der Waals surface area contributed by atoms with E-state index in [9.17, 15) is 9.59 Å². The average molecular weight is 452 g/mol. The highest BCUT2D eigenvalue weighted by Gasteiger charge is 2.24. The summed E-state index contributed by atoms with van der Waals surface area (Å²) in [5.74, 6) is -0.314. The zero-order valence-corrected chi connectivity index (χ0v) is 17.5. The maximum atomic E-state index is 12.9. The number of benzene rings is 3. The van der Waals surface area contributed by atoms with Crippen LogP contribution in [0.2, 0.25) is 0 Å². The van der Waals surface area contributed by atoms with Gasteiger partial charge in [0.2, 0.25) is 0 Å².